The van der Waals surface area contributed by atoms with Gasteiger partial charge in [-0.3, -0.25) is 4.68 Å². The number of halogens is 1. The first-order valence-electron chi connectivity index (χ1n) is 6.35. The minimum atomic E-state index is 0.654. The lowest BCUT2D eigenvalue weighted by Crippen LogP contribution is -2.05. The lowest BCUT2D eigenvalue weighted by Gasteiger charge is -2.11. The van der Waals surface area contributed by atoms with Gasteiger partial charge in [-0.2, -0.15) is 5.10 Å². The summed E-state index contributed by atoms with van der Waals surface area (Å²) in [7, 11) is 0. The molecule has 20 heavy (non-hydrogen) atoms. The number of nitrogens with one attached hydrogen (secondary N) is 1. The molecule has 2 aromatic heterocycles. The fourth-order valence-electron chi connectivity index (χ4n) is 2.03. The Morgan fingerprint density at radius 3 is 2.80 bits per heavy atom. The maximum absolute atomic E-state index is 5.49. The molecule has 3 aromatic rings. The number of furan rings is 1. The van der Waals surface area contributed by atoms with Crippen LogP contribution in [0.1, 0.15) is 11.3 Å². The number of nitrogens with zero attached hydrogens (tertiary/aromatic N) is 2. The second-order valence-electron chi connectivity index (χ2n) is 4.42. The van der Waals surface area contributed by atoms with Gasteiger partial charge in [0.25, 0.3) is 0 Å². The zero-order valence-electron chi connectivity index (χ0n) is 10.8. The molecule has 1 aromatic carbocycles. The van der Waals surface area contributed by atoms with E-state index in [0.717, 1.165) is 22.7 Å². The van der Waals surface area contributed by atoms with Gasteiger partial charge >= 0.3 is 0 Å². The van der Waals surface area contributed by atoms with Crippen LogP contribution in [0.4, 0.5) is 5.69 Å². The van der Waals surface area contributed by atoms with Crippen LogP contribution in [-0.4, -0.2) is 9.78 Å². The predicted molar refractivity (Wildman–Crippen MR) is 81.5 cm³/mol. The summed E-state index contributed by atoms with van der Waals surface area (Å²) in [4.78, 5) is 0. The molecule has 0 radical (unpaired) electrons. The quantitative estimate of drug-likeness (QED) is 0.771. The van der Waals surface area contributed by atoms with Crippen LogP contribution in [-0.2, 0) is 13.1 Å². The maximum atomic E-state index is 5.49. The third kappa shape index (κ3) is 3.11. The van der Waals surface area contributed by atoms with Gasteiger partial charge < -0.3 is 9.73 Å². The minimum Gasteiger partial charge on any atom is -0.452 e. The Bertz CT molecular complexity index is 676. The lowest BCUT2D eigenvalue weighted by molar-refractivity contribution is 0.495. The number of aromatic nitrogens is 2. The van der Waals surface area contributed by atoms with Crippen molar-refractivity contribution in [3.05, 3.63) is 70.9 Å². The molecule has 2 heterocycles. The highest BCUT2D eigenvalue weighted by molar-refractivity contribution is 9.10. The Morgan fingerprint density at radius 2 is 2.05 bits per heavy atom. The molecule has 0 atom stereocenters. The summed E-state index contributed by atoms with van der Waals surface area (Å²) in [5.41, 5.74) is 2.29. The molecule has 0 fully saturated rings. The Morgan fingerprint density at radius 1 is 1.15 bits per heavy atom. The van der Waals surface area contributed by atoms with Crippen LogP contribution in [0.25, 0.3) is 0 Å². The molecule has 1 N–H and O–H groups in total. The van der Waals surface area contributed by atoms with E-state index >= 15 is 0 Å². The monoisotopic (exact) mass is 331 g/mol. The van der Waals surface area contributed by atoms with Crippen LogP contribution in [0.3, 0.4) is 0 Å². The van der Waals surface area contributed by atoms with Crippen LogP contribution >= 0.6 is 15.9 Å². The number of anilines is 1. The van der Waals surface area contributed by atoms with Crippen molar-refractivity contribution in [1.29, 1.82) is 0 Å². The molecule has 0 amide bonds. The molecular formula is C15H14BrN3O. The molecule has 0 unspecified atom stereocenters. The van der Waals surface area contributed by atoms with Gasteiger partial charge in [0.05, 0.1) is 13.1 Å². The second-order valence-corrected chi connectivity index (χ2v) is 5.20. The van der Waals surface area contributed by atoms with E-state index in [2.05, 4.69) is 38.5 Å². The summed E-state index contributed by atoms with van der Waals surface area (Å²) in [5.74, 6) is 0.894. The molecule has 0 saturated carbocycles. The van der Waals surface area contributed by atoms with E-state index in [1.807, 2.05) is 41.2 Å². The first-order valence-corrected chi connectivity index (χ1v) is 7.14. The molecule has 0 aliphatic rings. The van der Waals surface area contributed by atoms with E-state index in [4.69, 9.17) is 4.42 Å². The van der Waals surface area contributed by atoms with Gasteiger partial charge in [-0.15, -0.1) is 0 Å². The van der Waals surface area contributed by atoms with Crippen molar-refractivity contribution in [2.45, 2.75) is 13.1 Å². The van der Waals surface area contributed by atoms with Gasteiger partial charge in [0, 0.05) is 18.1 Å². The molecule has 5 heteroatoms. The molecule has 0 bridgehead atoms. The predicted octanol–water partition coefficient (Wildman–Crippen LogP) is 3.90. The third-order valence-electron chi connectivity index (χ3n) is 2.99. The smallest absolute Gasteiger partial charge is 0.169 e. The molecule has 0 aliphatic heterocycles. The van der Waals surface area contributed by atoms with E-state index in [1.165, 1.54) is 5.56 Å². The standard InChI is InChI=1S/C15H14BrN3O/c16-15-7-6-13(20-15)10-17-14-5-2-1-4-12(14)11-19-9-3-8-18-19/h1-9,17H,10-11H2. The first kappa shape index (κ1) is 13.0. The van der Waals surface area contributed by atoms with Crippen molar-refractivity contribution < 1.29 is 4.42 Å². The Kier molecular flexibility index (Phi) is 3.87. The average Bonchev–Trinajstić information content (AvgIpc) is 3.10. The van der Waals surface area contributed by atoms with Crippen LogP contribution < -0.4 is 5.32 Å². The molecule has 4 nitrogen and oxygen atoms in total. The topological polar surface area (TPSA) is 43.0 Å². The Labute approximate surface area is 125 Å². The zero-order valence-corrected chi connectivity index (χ0v) is 12.4. The molecule has 0 spiro atoms. The molecule has 3 rings (SSSR count). The second kappa shape index (κ2) is 5.96. The van der Waals surface area contributed by atoms with Crippen molar-refractivity contribution in [3.63, 3.8) is 0 Å². The van der Waals surface area contributed by atoms with Gasteiger partial charge in [0.1, 0.15) is 5.76 Å². The third-order valence-corrected chi connectivity index (χ3v) is 3.42. The fraction of sp³-hybridized carbons (Fsp3) is 0.133. The van der Waals surface area contributed by atoms with Crippen molar-refractivity contribution >= 4 is 21.6 Å². The summed E-state index contributed by atoms with van der Waals surface area (Å²) < 4.78 is 8.14. The zero-order chi connectivity index (χ0) is 13.8. The number of hydrogen-bond acceptors (Lipinski definition) is 3. The van der Waals surface area contributed by atoms with Crippen molar-refractivity contribution in [2.75, 3.05) is 5.32 Å². The molecule has 0 aliphatic carbocycles. The Hall–Kier alpha value is -2.01. The van der Waals surface area contributed by atoms with E-state index in [0.29, 0.717) is 6.54 Å². The molecular weight excluding hydrogens is 318 g/mol. The first-order chi connectivity index (χ1) is 9.81. The highest BCUT2D eigenvalue weighted by Crippen LogP contribution is 2.19. The summed E-state index contributed by atoms with van der Waals surface area (Å²) >= 11 is 3.31. The summed E-state index contributed by atoms with van der Waals surface area (Å²) in [6, 6.07) is 14.0. The van der Waals surface area contributed by atoms with Crippen molar-refractivity contribution in [1.82, 2.24) is 9.78 Å². The maximum Gasteiger partial charge on any atom is 0.169 e. The van der Waals surface area contributed by atoms with Crippen LogP contribution in [0, 0.1) is 0 Å². The van der Waals surface area contributed by atoms with Crippen molar-refractivity contribution in [2.24, 2.45) is 0 Å². The molecule has 0 saturated heterocycles. The van der Waals surface area contributed by atoms with Gasteiger partial charge in [-0.05, 0) is 45.8 Å². The fourth-order valence-corrected chi connectivity index (χ4v) is 2.37. The summed E-state index contributed by atoms with van der Waals surface area (Å²) in [5, 5.41) is 7.64. The number of rotatable bonds is 5. The molecule has 102 valence electrons. The van der Waals surface area contributed by atoms with Crippen LogP contribution in [0.15, 0.2) is 63.9 Å². The number of benzene rings is 1. The lowest BCUT2D eigenvalue weighted by atomic mass is 10.1. The normalized spacial score (nSPS) is 10.7. The highest BCUT2D eigenvalue weighted by atomic mass is 79.9. The van der Waals surface area contributed by atoms with Gasteiger partial charge in [0.2, 0.25) is 0 Å². The van der Waals surface area contributed by atoms with E-state index < -0.39 is 0 Å². The SMILES string of the molecule is Brc1ccc(CNc2ccccc2Cn2cccn2)o1. The van der Waals surface area contributed by atoms with E-state index in [9.17, 15) is 0 Å². The van der Waals surface area contributed by atoms with Crippen LogP contribution in [0.5, 0.6) is 0 Å². The van der Waals surface area contributed by atoms with Gasteiger partial charge in [-0.25, -0.2) is 0 Å². The minimum absolute atomic E-state index is 0.654. The highest BCUT2D eigenvalue weighted by Gasteiger charge is 2.04. The number of hydrogen-bond donors (Lipinski definition) is 1. The van der Waals surface area contributed by atoms with Gasteiger partial charge in [0.15, 0.2) is 4.67 Å². The van der Waals surface area contributed by atoms with Crippen LogP contribution in [0.2, 0.25) is 0 Å². The summed E-state index contributed by atoms with van der Waals surface area (Å²) in [6.07, 6.45) is 3.75. The van der Waals surface area contributed by atoms with E-state index in [1.54, 1.807) is 6.20 Å². The summed E-state index contributed by atoms with van der Waals surface area (Å²) in [6.45, 7) is 1.40. The number of para-hydroxylation sites is 1. The largest absolute Gasteiger partial charge is 0.452 e. The van der Waals surface area contributed by atoms with Gasteiger partial charge in [-0.1, -0.05) is 18.2 Å². The van der Waals surface area contributed by atoms with E-state index in [-0.39, 0.29) is 0 Å². The average molecular weight is 332 g/mol. The van der Waals surface area contributed by atoms with Crippen molar-refractivity contribution in [3.8, 4) is 0 Å². The Balaban J connectivity index is 1.72.